The Morgan fingerprint density at radius 3 is 2.70 bits per heavy atom. The molecule has 1 nitrogen and oxygen atoms in total. The van der Waals surface area contributed by atoms with Crippen molar-refractivity contribution in [2.45, 2.75) is 3.74 Å². The van der Waals surface area contributed by atoms with Crippen molar-refractivity contribution in [2.24, 2.45) is 0 Å². The molecular formula is C6H4Br2OS. The second-order valence-electron chi connectivity index (χ2n) is 1.68. The van der Waals surface area contributed by atoms with Crippen molar-refractivity contribution in [3.05, 3.63) is 22.4 Å². The number of thiophene rings is 1. The number of carbonyl (C=O) groups excluding carboxylic acids is 1. The number of rotatable bonds is 2. The van der Waals surface area contributed by atoms with Crippen LogP contribution < -0.4 is 0 Å². The first-order valence-electron chi connectivity index (χ1n) is 2.56. The second kappa shape index (κ2) is 3.64. The van der Waals surface area contributed by atoms with Crippen molar-refractivity contribution < 1.29 is 4.79 Å². The van der Waals surface area contributed by atoms with E-state index in [0.29, 0.717) is 0 Å². The third-order valence-electron chi connectivity index (χ3n) is 1.00. The van der Waals surface area contributed by atoms with E-state index < -0.39 is 0 Å². The Labute approximate surface area is 79.7 Å². The topological polar surface area (TPSA) is 17.1 Å². The zero-order chi connectivity index (χ0) is 7.56. The van der Waals surface area contributed by atoms with Crippen molar-refractivity contribution in [1.82, 2.24) is 0 Å². The van der Waals surface area contributed by atoms with Crippen LogP contribution in [0.15, 0.2) is 16.8 Å². The molecule has 1 aromatic rings. The van der Waals surface area contributed by atoms with Gasteiger partial charge in [-0.05, 0) is 11.4 Å². The molecule has 10 heavy (non-hydrogen) atoms. The number of ketones is 1. The zero-order valence-corrected chi connectivity index (χ0v) is 8.87. The van der Waals surface area contributed by atoms with Crippen LogP contribution in [-0.4, -0.2) is 9.52 Å². The minimum atomic E-state index is -0.255. The highest BCUT2D eigenvalue weighted by atomic mass is 79.9. The lowest BCUT2D eigenvalue weighted by Crippen LogP contribution is -2.04. The molecule has 0 radical (unpaired) electrons. The molecule has 0 aliphatic heterocycles. The Kier molecular flexibility index (Phi) is 3.07. The third kappa shape index (κ3) is 1.90. The van der Waals surface area contributed by atoms with E-state index >= 15 is 0 Å². The van der Waals surface area contributed by atoms with E-state index in [9.17, 15) is 4.79 Å². The first-order valence-corrected chi connectivity index (χ1v) is 5.34. The summed E-state index contributed by atoms with van der Waals surface area (Å²) in [5.41, 5.74) is 0.753. The fourth-order valence-corrected chi connectivity index (χ4v) is 1.70. The molecule has 0 fully saturated rings. The molecule has 1 heterocycles. The lowest BCUT2D eigenvalue weighted by molar-refractivity contribution is 0.101. The van der Waals surface area contributed by atoms with Gasteiger partial charge < -0.3 is 0 Å². The molecule has 1 aromatic heterocycles. The molecule has 0 unspecified atom stereocenters. The van der Waals surface area contributed by atoms with Gasteiger partial charge in [-0.25, -0.2) is 0 Å². The Morgan fingerprint density at radius 2 is 2.30 bits per heavy atom. The summed E-state index contributed by atoms with van der Waals surface area (Å²) in [5, 5.41) is 3.72. The maximum Gasteiger partial charge on any atom is 0.187 e. The molecule has 0 saturated carbocycles. The number of Topliss-reactive ketones (excluding diaryl/α,β-unsaturated/α-hetero) is 1. The number of carbonyl (C=O) groups is 1. The first-order chi connectivity index (χ1) is 4.72. The summed E-state index contributed by atoms with van der Waals surface area (Å²) in [4.78, 5) is 11.1. The molecule has 0 saturated heterocycles. The monoisotopic (exact) mass is 282 g/mol. The summed E-state index contributed by atoms with van der Waals surface area (Å²) in [6, 6.07) is 1.81. The summed E-state index contributed by atoms with van der Waals surface area (Å²) < 4.78 is -0.255. The van der Waals surface area contributed by atoms with Crippen LogP contribution in [0.3, 0.4) is 0 Å². The molecule has 0 atom stereocenters. The normalized spacial score (nSPS) is 10.3. The predicted molar refractivity (Wildman–Crippen MR) is 50.3 cm³/mol. The van der Waals surface area contributed by atoms with Gasteiger partial charge in [0.2, 0.25) is 0 Å². The molecule has 0 amide bonds. The highest BCUT2D eigenvalue weighted by Crippen LogP contribution is 2.17. The van der Waals surface area contributed by atoms with Crippen LogP contribution in [0.2, 0.25) is 0 Å². The second-order valence-corrected chi connectivity index (χ2v) is 5.52. The van der Waals surface area contributed by atoms with Gasteiger partial charge in [0.25, 0.3) is 0 Å². The highest BCUT2D eigenvalue weighted by Gasteiger charge is 2.12. The summed E-state index contributed by atoms with van der Waals surface area (Å²) in [6.45, 7) is 0. The molecule has 0 spiro atoms. The number of hydrogen-bond acceptors (Lipinski definition) is 2. The molecular weight excluding hydrogens is 280 g/mol. The Morgan fingerprint density at radius 1 is 1.60 bits per heavy atom. The molecule has 0 N–H and O–H groups in total. The van der Waals surface area contributed by atoms with Crippen LogP contribution >= 0.6 is 43.2 Å². The van der Waals surface area contributed by atoms with E-state index in [1.165, 1.54) is 11.3 Å². The summed E-state index contributed by atoms with van der Waals surface area (Å²) in [5.74, 6) is 0.0706. The molecule has 0 aromatic carbocycles. The predicted octanol–water partition coefficient (Wildman–Crippen LogP) is 3.05. The van der Waals surface area contributed by atoms with Gasteiger partial charge in [-0.2, -0.15) is 11.3 Å². The van der Waals surface area contributed by atoms with Gasteiger partial charge in [-0.3, -0.25) is 4.79 Å². The van der Waals surface area contributed by atoms with Gasteiger partial charge in [0, 0.05) is 10.9 Å². The number of halogens is 2. The highest BCUT2D eigenvalue weighted by molar-refractivity contribution is 9.25. The van der Waals surface area contributed by atoms with Crippen molar-refractivity contribution in [3.63, 3.8) is 0 Å². The van der Waals surface area contributed by atoms with Crippen molar-refractivity contribution in [2.75, 3.05) is 0 Å². The van der Waals surface area contributed by atoms with Gasteiger partial charge in [0.05, 0.1) is 0 Å². The lowest BCUT2D eigenvalue weighted by atomic mass is 10.2. The van der Waals surface area contributed by atoms with E-state index in [-0.39, 0.29) is 9.52 Å². The zero-order valence-electron chi connectivity index (χ0n) is 4.88. The minimum Gasteiger partial charge on any atom is -0.292 e. The molecule has 54 valence electrons. The van der Waals surface area contributed by atoms with Crippen molar-refractivity contribution in [3.8, 4) is 0 Å². The largest absolute Gasteiger partial charge is 0.292 e. The van der Waals surface area contributed by atoms with Gasteiger partial charge >= 0.3 is 0 Å². The first kappa shape index (κ1) is 8.43. The van der Waals surface area contributed by atoms with E-state index in [1.54, 1.807) is 0 Å². The van der Waals surface area contributed by atoms with E-state index in [0.717, 1.165) is 5.56 Å². The smallest absolute Gasteiger partial charge is 0.187 e. The standard InChI is InChI=1S/C6H4Br2OS/c7-6(8)5(9)4-1-2-10-3-4/h1-3,6H. The van der Waals surface area contributed by atoms with Gasteiger partial charge in [-0.15, -0.1) is 0 Å². The third-order valence-corrected chi connectivity index (χ3v) is 2.52. The van der Waals surface area contributed by atoms with Crippen molar-refractivity contribution >= 4 is 49.0 Å². The van der Waals surface area contributed by atoms with Crippen LogP contribution in [0.25, 0.3) is 0 Å². The molecule has 4 heteroatoms. The number of hydrogen-bond donors (Lipinski definition) is 0. The van der Waals surface area contributed by atoms with Gasteiger partial charge in [0.1, 0.15) is 3.74 Å². The van der Waals surface area contributed by atoms with Crippen LogP contribution in [0.5, 0.6) is 0 Å². The lowest BCUT2D eigenvalue weighted by Gasteiger charge is -1.95. The molecule has 0 aliphatic rings. The van der Waals surface area contributed by atoms with Crippen molar-refractivity contribution in [1.29, 1.82) is 0 Å². The maximum absolute atomic E-state index is 11.1. The van der Waals surface area contributed by atoms with E-state index in [1.807, 2.05) is 16.8 Å². The van der Waals surface area contributed by atoms with E-state index in [2.05, 4.69) is 31.9 Å². The fourth-order valence-electron chi connectivity index (χ4n) is 0.531. The fraction of sp³-hybridized carbons (Fsp3) is 0.167. The summed E-state index contributed by atoms with van der Waals surface area (Å²) in [6.07, 6.45) is 0. The van der Waals surface area contributed by atoms with Crippen LogP contribution in [0, 0.1) is 0 Å². The van der Waals surface area contributed by atoms with Crippen LogP contribution in [0.4, 0.5) is 0 Å². The maximum atomic E-state index is 11.1. The summed E-state index contributed by atoms with van der Waals surface area (Å²) in [7, 11) is 0. The average molecular weight is 284 g/mol. The quantitative estimate of drug-likeness (QED) is 0.602. The average Bonchev–Trinajstić information content (AvgIpc) is 2.36. The minimum absolute atomic E-state index is 0.0706. The Balaban J connectivity index is 2.78. The number of alkyl halides is 2. The Bertz CT molecular complexity index is 218. The molecule has 0 aliphatic carbocycles. The Hall–Kier alpha value is 0.330. The van der Waals surface area contributed by atoms with Crippen LogP contribution in [-0.2, 0) is 0 Å². The summed E-state index contributed by atoms with van der Waals surface area (Å²) >= 11 is 7.79. The van der Waals surface area contributed by atoms with E-state index in [4.69, 9.17) is 0 Å². The van der Waals surface area contributed by atoms with Gasteiger partial charge in [0.15, 0.2) is 5.78 Å². The van der Waals surface area contributed by atoms with Gasteiger partial charge in [-0.1, -0.05) is 31.9 Å². The molecule has 1 rings (SSSR count). The molecule has 0 bridgehead atoms. The SMILES string of the molecule is O=C(c1ccsc1)C(Br)Br. The van der Waals surface area contributed by atoms with Crippen LogP contribution in [0.1, 0.15) is 10.4 Å².